The second kappa shape index (κ2) is 8.99. The van der Waals surface area contributed by atoms with Gasteiger partial charge in [-0.25, -0.2) is 8.78 Å². The van der Waals surface area contributed by atoms with Crippen LogP contribution in [0.2, 0.25) is 0 Å². The number of hydrogen-bond donors (Lipinski definition) is 3. The van der Waals surface area contributed by atoms with E-state index in [1.807, 2.05) is 0 Å². The number of nitrogens with zero attached hydrogens (tertiary/aromatic N) is 1. The van der Waals surface area contributed by atoms with Gasteiger partial charge in [0.15, 0.2) is 0 Å². The number of rotatable bonds is 7. The van der Waals surface area contributed by atoms with E-state index in [1.165, 1.54) is 17.0 Å². The molecule has 0 spiro atoms. The Labute approximate surface area is 183 Å². The van der Waals surface area contributed by atoms with Crippen LogP contribution in [0.4, 0.5) is 14.5 Å². The van der Waals surface area contributed by atoms with Crippen molar-refractivity contribution in [2.75, 3.05) is 18.4 Å². The summed E-state index contributed by atoms with van der Waals surface area (Å²) in [6.07, 6.45) is 0.551. The summed E-state index contributed by atoms with van der Waals surface area (Å²) in [5.74, 6) is -1.80. The summed E-state index contributed by atoms with van der Waals surface area (Å²) in [4.78, 5) is 25.4. The van der Waals surface area contributed by atoms with Crippen molar-refractivity contribution in [1.82, 2.24) is 4.90 Å². The van der Waals surface area contributed by atoms with Crippen molar-refractivity contribution in [2.45, 2.75) is 26.2 Å². The Morgan fingerprint density at radius 2 is 1.72 bits per heavy atom. The molecule has 1 atom stereocenters. The van der Waals surface area contributed by atoms with E-state index < -0.39 is 37.8 Å². The molecule has 2 aliphatic rings. The number of anilines is 1. The number of aldehydes is 1. The highest BCUT2D eigenvalue weighted by Gasteiger charge is 2.32. The van der Waals surface area contributed by atoms with Gasteiger partial charge in [-0.3, -0.25) is 4.79 Å². The van der Waals surface area contributed by atoms with E-state index in [0.29, 0.717) is 23.0 Å². The molecule has 0 saturated heterocycles. The van der Waals surface area contributed by atoms with Crippen molar-refractivity contribution >= 4 is 43.0 Å². The second-order valence-electron chi connectivity index (χ2n) is 7.80. The lowest BCUT2D eigenvalue weighted by atomic mass is 9.78. The normalized spacial score (nSPS) is 15.4. The lowest BCUT2D eigenvalue weighted by Gasteiger charge is -2.26. The highest BCUT2D eigenvalue weighted by molar-refractivity contribution is 6.62. The standard InChI is InChI=1S/C20H20B2F2N2O6/c1-11(25-13-6-17-15(19(24)7-13)10-32-22(17)30)8-26(2-3-27)20(28)12-4-16-14(18(23)5-12)9-31-21(16)29/h3-7,11,25,29-30H,2,8-10H2,1H3. The van der Waals surface area contributed by atoms with Crippen LogP contribution in [0.3, 0.4) is 0 Å². The molecule has 2 aromatic rings. The van der Waals surface area contributed by atoms with Crippen molar-refractivity contribution in [2.24, 2.45) is 0 Å². The molecule has 166 valence electrons. The molecule has 0 saturated carbocycles. The molecular weight excluding hydrogens is 424 g/mol. The van der Waals surface area contributed by atoms with Crippen LogP contribution in [0.15, 0.2) is 24.3 Å². The fraction of sp³-hybridized carbons (Fsp3) is 0.300. The van der Waals surface area contributed by atoms with Gasteiger partial charge in [0.2, 0.25) is 0 Å². The monoisotopic (exact) mass is 444 g/mol. The summed E-state index contributed by atoms with van der Waals surface area (Å²) >= 11 is 0. The Bertz CT molecular complexity index is 1070. The van der Waals surface area contributed by atoms with Gasteiger partial charge in [-0.2, -0.15) is 0 Å². The molecule has 1 amide bonds. The minimum atomic E-state index is -1.32. The summed E-state index contributed by atoms with van der Waals surface area (Å²) in [7, 11) is -2.53. The lowest BCUT2D eigenvalue weighted by molar-refractivity contribution is -0.108. The molecule has 0 bridgehead atoms. The molecule has 0 aromatic heterocycles. The Morgan fingerprint density at radius 1 is 1.12 bits per heavy atom. The maximum Gasteiger partial charge on any atom is 0.491 e. The van der Waals surface area contributed by atoms with Crippen LogP contribution in [-0.4, -0.2) is 60.5 Å². The van der Waals surface area contributed by atoms with Gasteiger partial charge in [0.1, 0.15) is 17.9 Å². The van der Waals surface area contributed by atoms with E-state index in [9.17, 15) is 28.4 Å². The molecule has 0 fully saturated rings. The Morgan fingerprint density at radius 3 is 2.34 bits per heavy atom. The first-order valence-electron chi connectivity index (χ1n) is 10.0. The van der Waals surface area contributed by atoms with Crippen molar-refractivity contribution in [3.05, 3.63) is 52.6 Å². The van der Waals surface area contributed by atoms with Crippen LogP contribution in [0.5, 0.6) is 0 Å². The molecule has 8 nitrogen and oxygen atoms in total. The first kappa shape index (κ1) is 22.4. The first-order chi connectivity index (χ1) is 15.3. The Balaban J connectivity index is 1.50. The SMILES string of the molecule is CC(CN(CC=O)C(=O)c1cc(F)c2c(c1)B(O)OC2)Nc1cc(F)c2c(c1)B(O)OC2. The zero-order valence-corrected chi connectivity index (χ0v) is 17.2. The predicted octanol–water partition coefficient (Wildman–Crippen LogP) is -0.458. The van der Waals surface area contributed by atoms with Gasteiger partial charge >= 0.3 is 14.2 Å². The zero-order valence-electron chi connectivity index (χ0n) is 17.2. The maximum atomic E-state index is 14.4. The van der Waals surface area contributed by atoms with Crippen LogP contribution >= 0.6 is 0 Å². The summed E-state index contributed by atoms with van der Waals surface area (Å²) in [6, 6.07) is 4.81. The third-order valence-corrected chi connectivity index (χ3v) is 5.50. The third-order valence-electron chi connectivity index (χ3n) is 5.50. The van der Waals surface area contributed by atoms with E-state index in [4.69, 9.17) is 9.31 Å². The minimum absolute atomic E-state index is 0.0170. The molecule has 2 heterocycles. The highest BCUT2D eigenvalue weighted by atomic mass is 19.1. The largest absolute Gasteiger partial charge is 0.491 e. The van der Waals surface area contributed by atoms with Gasteiger partial charge in [-0.1, -0.05) is 0 Å². The van der Waals surface area contributed by atoms with E-state index in [2.05, 4.69) is 5.32 Å². The van der Waals surface area contributed by atoms with Crippen molar-refractivity contribution in [3.8, 4) is 0 Å². The number of hydrogen-bond acceptors (Lipinski definition) is 7. The summed E-state index contributed by atoms with van der Waals surface area (Å²) in [5.41, 5.74) is 1.34. The molecule has 32 heavy (non-hydrogen) atoms. The summed E-state index contributed by atoms with van der Waals surface area (Å²) < 4.78 is 38.7. The van der Waals surface area contributed by atoms with E-state index in [0.717, 1.165) is 6.07 Å². The van der Waals surface area contributed by atoms with E-state index >= 15 is 0 Å². The second-order valence-corrected chi connectivity index (χ2v) is 7.80. The predicted molar refractivity (Wildman–Crippen MR) is 113 cm³/mol. The molecular formula is C20H20B2F2N2O6. The molecule has 4 rings (SSSR count). The number of carbonyl (C=O) groups excluding carboxylic acids is 2. The average Bonchev–Trinajstić information content (AvgIpc) is 3.31. The molecule has 2 aromatic carbocycles. The van der Waals surface area contributed by atoms with Gasteiger partial charge in [0.25, 0.3) is 5.91 Å². The Hall–Kier alpha value is -2.79. The number of halogens is 2. The smallest absolute Gasteiger partial charge is 0.423 e. The van der Waals surface area contributed by atoms with Crippen LogP contribution in [-0.2, 0) is 27.3 Å². The highest BCUT2D eigenvalue weighted by Crippen LogP contribution is 2.20. The third kappa shape index (κ3) is 4.26. The molecule has 2 aliphatic heterocycles. The van der Waals surface area contributed by atoms with Gasteiger partial charge in [-0.15, -0.1) is 0 Å². The number of fused-ring (bicyclic) bond motifs is 2. The maximum absolute atomic E-state index is 14.4. The van der Waals surface area contributed by atoms with E-state index in [-0.39, 0.29) is 42.9 Å². The molecule has 1 unspecified atom stereocenters. The topological polar surface area (TPSA) is 108 Å². The van der Waals surface area contributed by atoms with Gasteiger partial charge in [-0.05, 0) is 42.1 Å². The summed E-state index contributed by atoms with van der Waals surface area (Å²) in [6.45, 7) is 1.43. The quantitative estimate of drug-likeness (QED) is 0.392. The van der Waals surface area contributed by atoms with Crippen molar-refractivity contribution < 1.29 is 37.7 Å². The number of nitrogens with one attached hydrogen (secondary N) is 1. The lowest BCUT2D eigenvalue weighted by Crippen LogP contribution is -2.41. The zero-order chi connectivity index (χ0) is 23.0. The first-order valence-corrected chi connectivity index (χ1v) is 10.0. The fourth-order valence-electron chi connectivity index (χ4n) is 3.95. The molecule has 12 heteroatoms. The Kier molecular flexibility index (Phi) is 6.29. The van der Waals surface area contributed by atoms with Crippen LogP contribution in [0.25, 0.3) is 0 Å². The molecule has 0 aliphatic carbocycles. The van der Waals surface area contributed by atoms with Gasteiger partial charge in [0, 0.05) is 35.0 Å². The van der Waals surface area contributed by atoms with E-state index in [1.54, 1.807) is 13.0 Å². The van der Waals surface area contributed by atoms with Crippen LogP contribution < -0.4 is 16.2 Å². The number of carbonyl (C=O) groups is 2. The van der Waals surface area contributed by atoms with Gasteiger partial charge in [0.05, 0.1) is 19.8 Å². The van der Waals surface area contributed by atoms with Crippen LogP contribution in [0, 0.1) is 11.6 Å². The van der Waals surface area contributed by atoms with Crippen molar-refractivity contribution in [1.29, 1.82) is 0 Å². The molecule has 0 radical (unpaired) electrons. The van der Waals surface area contributed by atoms with Gasteiger partial charge < -0.3 is 34.4 Å². The number of amides is 1. The average molecular weight is 444 g/mol. The van der Waals surface area contributed by atoms with Crippen LogP contribution in [0.1, 0.15) is 28.4 Å². The fourth-order valence-corrected chi connectivity index (χ4v) is 3.95. The molecule has 3 N–H and O–H groups in total. The number of benzene rings is 2. The van der Waals surface area contributed by atoms with Crippen molar-refractivity contribution in [3.63, 3.8) is 0 Å². The summed E-state index contributed by atoms with van der Waals surface area (Å²) in [5, 5.41) is 22.7. The minimum Gasteiger partial charge on any atom is -0.423 e.